The first-order chi connectivity index (χ1) is 18.3. The van der Waals surface area contributed by atoms with Crippen LogP contribution < -0.4 is 9.64 Å². The Hall–Kier alpha value is -2.67. The Labute approximate surface area is 235 Å². The molecule has 2 aromatic rings. The summed E-state index contributed by atoms with van der Waals surface area (Å²) in [5, 5.41) is 0. The number of nitrogens with zero attached hydrogens (tertiary/aromatic N) is 3. The number of aromatic nitrogens is 2. The summed E-state index contributed by atoms with van der Waals surface area (Å²) in [4.78, 5) is 25.5. The average molecular weight is 540 g/mol. The molecule has 0 saturated carbocycles. The molecule has 0 spiro atoms. The lowest BCUT2D eigenvalue weighted by Crippen LogP contribution is -2.39. The summed E-state index contributed by atoms with van der Waals surface area (Å²) in [6, 6.07) is 3.95. The molecule has 216 valence electrons. The minimum Gasteiger partial charge on any atom is -0.492 e. The number of piperidine rings is 1. The van der Waals surface area contributed by atoms with Crippen molar-refractivity contribution in [2.24, 2.45) is 5.41 Å². The lowest BCUT2D eigenvalue weighted by Gasteiger charge is -2.41. The van der Waals surface area contributed by atoms with Gasteiger partial charge in [0.25, 0.3) is 0 Å². The minimum absolute atomic E-state index is 0.259. The number of carbonyl (C=O) groups is 1. The molecule has 3 heterocycles. The van der Waals surface area contributed by atoms with Crippen LogP contribution >= 0.6 is 0 Å². The number of esters is 1. The van der Waals surface area contributed by atoms with Crippen LogP contribution in [0.2, 0.25) is 0 Å². The van der Waals surface area contributed by atoms with Crippen molar-refractivity contribution < 1.29 is 19.0 Å². The lowest BCUT2D eigenvalue weighted by atomic mass is 9.82. The van der Waals surface area contributed by atoms with E-state index in [2.05, 4.69) is 25.7 Å². The quantitative estimate of drug-likeness (QED) is 0.217. The fourth-order valence-corrected chi connectivity index (χ4v) is 4.83. The van der Waals surface area contributed by atoms with Crippen molar-refractivity contribution in [1.82, 2.24) is 9.97 Å². The predicted molar refractivity (Wildman–Crippen MR) is 157 cm³/mol. The molecule has 1 unspecified atom stereocenters. The van der Waals surface area contributed by atoms with E-state index in [1.807, 2.05) is 59.9 Å². The number of hydrogen-bond donors (Lipinski definition) is 0. The highest BCUT2D eigenvalue weighted by atomic mass is 16.6. The topological polar surface area (TPSA) is 73.8 Å². The molecule has 1 aliphatic heterocycles. The van der Waals surface area contributed by atoms with Gasteiger partial charge in [-0.15, -0.1) is 0 Å². The smallest absolute Gasteiger partial charge is 0.340 e. The van der Waals surface area contributed by atoms with Crippen LogP contribution in [0.4, 0.5) is 5.69 Å². The number of ether oxygens (including phenoxy) is 3. The molecule has 1 fully saturated rings. The van der Waals surface area contributed by atoms with E-state index >= 15 is 0 Å². The fourth-order valence-electron chi connectivity index (χ4n) is 4.83. The van der Waals surface area contributed by atoms with Crippen molar-refractivity contribution in [3.05, 3.63) is 35.8 Å². The minimum atomic E-state index is -0.911. The highest BCUT2D eigenvalue weighted by Crippen LogP contribution is 2.43. The van der Waals surface area contributed by atoms with Crippen molar-refractivity contribution in [2.75, 3.05) is 24.6 Å². The molecule has 2 aromatic heterocycles. The Morgan fingerprint density at radius 1 is 1.08 bits per heavy atom. The molecule has 0 radical (unpaired) electrons. The van der Waals surface area contributed by atoms with E-state index in [4.69, 9.17) is 24.2 Å². The van der Waals surface area contributed by atoms with Crippen LogP contribution in [-0.2, 0) is 14.3 Å². The maximum absolute atomic E-state index is 13.5. The van der Waals surface area contributed by atoms with Gasteiger partial charge in [0, 0.05) is 36.1 Å². The van der Waals surface area contributed by atoms with Crippen molar-refractivity contribution in [2.45, 2.75) is 112 Å². The Morgan fingerprint density at radius 3 is 2.33 bits per heavy atom. The maximum atomic E-state index is 13.5. The largest absolute Gasteiger partial charge is 0.492 e. The summed E-state index contributed by atoms with van der Waals surface area (Å²) in [7, 11) is 0. The van der Waals surface area contributed by atoms with E-state index < -0.39 is 17.7 Å². The van der Waals surface area contributed by atoms with Crippen molar-refractivity contribution >= 4 is 11.7 Å². The maximum Gasteiger partial charge on any atom is 0.340 e. The van der Waals surface area contributed by atoms with Crippen molar-refractivity contribution in [3.8, 4) is 17.0 Å². The number of carbonyl (C=O) groups excluding carboxylic acids is 1. The number of rotatable bonds is 11. The van der Waals surface area contributed by atoms with Gasteiger partial charge in [0.1, 0.15) is 5.75 Å². The molecule has 1 atom stereocenters. The molecule has 3 rings (SSSR count). The molecular weight excluding hydrogens is 490 g/mol. The number of hydrogen-bond acceptors (Lipinski definition) is 7. The Bertz CT molecular complexity index is 1080. The SMILES string of the molecule is CCCCCOc1ccc(-c2cnc(C)c(C(OC(C)(C)C)C(=O)OC(C)C)c2N2CCC(C)(C)CC2)nc1. The van der Waals surface area contributed by atoms with E-state index in [9.17, 15) is 4.79 Å². The number of anilines is 1. The summed E-state index contributed by atoms with van der Waals surface area (Å²) < 4.78 is 18.1. The number of pyridine rings is 2. The predicted octanol–water partition coefficient (Wildman–Crippen LogP) is 7.46. The first-order valence-corrected chi connectivity index (χ1v) is 14.5. The average Bonchev–Trinajstić information content (AvgIpc) is 2.85. The molecule has 0 N–H and O–H groups in total. The van der Waals surface area contributed by atoms with Gasteiger partial charge < -0.3 is 19.1 Å². The van der Waals surface area contributed by atoms with Crippen LogP contribution in [0.5, 0.6) is 5.75 Å². The summed E-state index contributed by atoms with van der Waals surface area (Å²) in [6.45, 7) is 20.8. The molecule has 0 amide bonds. The monoisotopic (exact) mass is 539 g/mol. The van der Waals surface area contributed by atoms with Gasteiger partial charge in [0.2, 0.25) is 0 Å². The van der Waals surface area contributed by atoms with Gasteiger partial charge in [-0.2, -0.15) is 0 Å². The van der Waals surface area contributed by atoms with E-state index in [1.165, 1.54) is 0 Å². The molecule has 0 aliphatic carbocycles. The highest BCUT2D eigenvalue weighted by Gasteiger charge is 2.37. The van der Waals surface area contributed by atoms with Gasteiger partial charge >= 0.3 is 5.97 Å². The molecule has 0 aromatic carbocycles. The second-order valence-electron chi connectivity index (χ2n) is 12.7. The summed E-state index contributed by atoms with van der Waals surface area (Å²) in [5.74, 6) is 0.357. The zero-order chi connectivity index (χ0) is 28.8. The van der Waals surface area contributed by atoms with Crippen molar-refractivity contribution in [1.29, 1.82) is 0 Å². The van der Waals surface area contributed by atoms with E-state index in [-0.39, 0.29) is 11.5 Å². The molecule has 39 heavy (non-hydrogen) atoms. The molecule has 1 aliphatic rings. The van der Waals surface area contributed by atoms with Gasteiger partial charge in [-0.1, -0.05) is 33.6 Å². The summed E-state index contributed by atoms with van der Waals surface area (Å²) >= 11 is 0. The third-order valence-electron chi connectivity index (χ3n) is 7.05. The second-order valence-corrected chi connectivity index (χ2v) is 12.7. The van der Waals surface area contributed by atoms with Crippen LogP contribution in [-0.4, -0.2) is 47.3 Å². The lowest BCUT2D eigenvalue weighted by molar-refractivity contribution is -0.171. The summed E-state index contributed by atoms with van der Waals surface area (Å²) in [6.07, 6.45) is 7.91. The van der Waals surface area contributed by atoms with Gasteiger partial charge in [0.15, 0.2) is 6.10 Å². The fraction of sp³-hybridized carbons (Fsp3) is 0.656. The molecule has 7 nitrogen and oxygen atoms in total. The zero-order valence-corrected chi connectivity index (χ0v) is 25.6. The van der Waals surface area contributed by atoms with E-state index in [0.29, 0.717) is 6.61 Å². The third kappa shape index (κ3) is 8.66. The van der Waals surface area contributed by atoms with E-state index in [1.54, 1.807) is 6.20 Å². The molecular formula is C32H49N3O4. The van der Waals surface area contributed by atoms with Gasteiger partial charge in [-0.05, 0) is 78.4 Å². The molecule has 1 saturated heterocycles. The molecule has 0 bridgehead atoms. The molecule has 7 heteroatoms. The first kappa shape index (κ1) is 30.9. The Balaban J connectivity index is 2.12. The Morgan fingerprint density at radius 2 is 1.77 bits per heavy atom. The van der Waals surface area contributed by atoms with Crippen LogP contribution in [0.1, 0.15) is 105 Å². The van der Waals surface area contributed by atoms with Gasteiger partial charge in [-0.3, -0.25) is 9.97 Å². The van der Waals surface area contributed by atoms with Crippen LogP contribution in [0, 0.1) is 12.3 Å². The highest BCUT2D eigenvalue weighted by molar-refractivity contribution is 5.86. The normalized spacial score (nSPS) is 16.3. The summed E-state index contributed by atoms with van der Waals surface area (Å²) in [5.41, 5.74) is 3.84. The van der Waals surface area contributed by atoms with Gasteiger partial charge in [-0.25, -0.2) is 4.79 Å². The zero-order valence-electron chi connectivity index (χ0n) is 25.6. The van der Waals surface area contributed by atoms with Crippen LogP contribution in [0.15, 0.2) is 24.5 Å². The van der Waals surface area contributed by atoms with Crippen LogP contribution in [0.25, 0.3) is 11.3 Å². The van der Waals surface area contributed by atoms with Crippen LogP contribution in [0.3, 0.4) is 0 Å². The number of unbranched alkanes of at least 4 members (excludes halogenated alkanes) is 2. The van der Waals surface area contributed by atoms with Crippen molar-refractivity contribution in [3.63, 3.8) is 0 Å². The third-order valence-corrected chi connectivity index (χ3v) is 7.05. The Kier molecular flexibility index (Phi) is 10.4. The standard InChI is InChI=1S/C32H49N3O4/c1-10-11-12-19-37-24-13-14-26(34-20-24)25-21-33-23(4)27(28(25)35-17-15-32(8,9)16-18-35)29(39-31(5,6)7)30(36)38-22(2)3/h13-14,20-22,29H,10-12,15-19H2,1-9H3. The van der Waals surface area contributed by atoms with Gasteiger partial charge in [0.05, 0.1) is 35.9 Å². The van der Waals surface area contributed by atoms with E-state index in [0.717, 1.165) is 79.1 Å². The number of aryl methyl sites for hydroxylation is 1. The first-order valence-electron chi connectivity index (χ1n) is 14.5. The second kappa shape index (κ2) is 13.1.